The lowest BCUT2D eigenvalue weighted by molar-refractivity contribution is 0.0616. The number of carbonyl (C=O) groups is 1. The van der Waals surface area contributed by atoms with Crippen molar-refractivity contribution in [3.8, 4) is 0 Å². The van der Waals surface area contributed by atoms with E-state index in [0.29, 0.717) is 17.7 Å². The Morgan fingerprint density at radius 2 is 1.97 bits per heavy atom. The largest absolute Gasteiger partial charge is 0.331 e. The van der Waals surface area contributed by atoms with Crippen molar-refractivity contribution >= 4 is 17.2 Å². The van der Waals surface area contributed by atoms with Gasteiger partial charge in [-0.1, -0.05) is 45.0 Å². The summed E-state index contributed by atoms with van der Waals surface area (Å²) in [6.45, 7) is 13.4. The summed E-state index contributed by atoms with van der Waals surface area (Å²) in [7, 11) is 0. The summed E-state index contributed by atoms with van der Waals surface area (Å²) in [6.07, 6.45) is 5.92. The second kappa shape index (κ2) is 9.03. The molecule has 1 atom stereocenters. The van der Waals surface area contributed by atoms with Crippen molar-refractivity contribution in [2.75, 3.05) is 26.2 Å². The van der Waals surface area contributed by atoms with Crippen LogP contribution in [0.4, 0.5) is 0 Å². The van der Waals surface area contributed by atoms with Crippen molar-refractivity contribution in [2.24, 2.45) is 5.41 Å². The molecule has 5 heteroatoms. The Labute approximate surface area is 191 Å². The molecule has 2 heterocycles. The fourth-order valence-corrected chi connectivity index (χ4v) is 6.01. The number of hydrogen-bond donors (Lipinski definition) is 0. The minimum absolute atomic E-state index is 0.0662. The summed E-state index contributed by atoms with van der Waals surface area (Å²) < 4.78 is 0. The lowest BCUT2D eigenvalue weighted by Crippen LogP contribution is -2.47. The summed E-state index contributed by atoms with van der Waals surface area (Å²) in [5.41, 5.74) is 5.85. The highest BCUT2D eigenvalue weighted by Crippen LogP contribution is 2.49. The standard InChI is InChI=1S/C26H37N3OS/c1-5-29(24(30)22-18-31-19-27-22)23-10-11-26(21-9-7-6-8-20(21)23)13-16-28(17-14-26)15-12-25(2,3)4/h6-9,18-19,23H,5,10-17H2,1-4H3/t23-/m0/s1. The van der Waals surface area contributed by atoms with Crippen LogP contribution in [0.15, 0.2) is 35.2 Å². The van der Waals surface area contributed by atoms with Crippen molar-refractivity contribution in [3.05, 3.63) is 52.0 Å². The van der Waals surface area contributed by atoms with Gasteiger partial charge in [0.2, 0.25) is 0 Å². The number of nitrogens with zero attached hydrogens (tertiary/aromatic N) is 3. The van der Waals surface area contributed by atoms with Gasteiger partial charge in [0.05, 0.1) is 11.6 Å². The van der Waals surface area contributed by atoms with Crippen molar-refractivity contribution in [1.29, 1.82) is 0 Å². The molecule has 31 heavy (non-hydrogen) atoms. The molecule has 1 aliphatic heterocycles. The van der Waals surface area contributed by atoms with Crippen LogP contribution < -0.4 is 0 Å². The van der Waals surface area contributed by atoms with Crippen LogP contribution in [0.25, 0.3) is 0 Å². The average molecular weight is 440 g/mol. The third-order valence-electron chi connectivity index (χ3n) is 7.41. The molecule has 0 N–H and O–H groups in total. The van der Waals surface area contributed by atoms with E-state index in [-0.39, 0.29) is 17.4 Å². The van der Waals surface area contributed by atoms with Crippen LogP contribution in [0, 0.1) is 5.41 Å². The highest BCUT2D eigenvalue weighted by molar-refractivity contribution is 7.07. The number of hydrogen-bond acceptors (Lipinski definition) is 4. The first kappa shape index (κ1) is 22.5. The maximum Gasteiger partial charge on any atom is 0.273 e. The Bertz CT molecular complexity index is 878. The van der Waals surface area contributed by atoms with Gasteiger partial charge >= 0.3 is 0 Å². The molecule has 1 aromatic carbocycles. The molecule has 1 fully saturated rings. The lowest BCUT2D eigenvalue weighted by atomic mass is 9.63. The zero-order chi connectivity index (χ0) is 22.1. The number of amides is 1. The van der Waals surface area contributed by atoms with Gasteiger partial charge in [0.1, 0.15) is 5.69 Å². The number of thiazole rings is 1. The van der Waals surface area contributed by atoms with E-state index in [1.807, 2.05) is 10.3 Å². The van der Waals surface area contributed by atoms with Crippen LogP contribution in [0.3, 0.4) is 0 Å². The van der Waals surface area contributed by atoms with E-state index in [9.17, 15) is 4.79 Å². The van der Waals surface area contributed by atoms with E-state index >= 15 is 0 Å². The molecule has 1 aromatic heterocycles. The molecule has 168 valence electrons. The van der Waals surface area contributed by atoms with Crippen LogP contribution in [0.2, 0.25) is 0 Å². The fraction of sp³-hybridized carbons (Fsp3) is 0.615. The molecular weight excluding hydrogens is 402 g/mol. The molecule has 2 aliphatic rings. The third kappa shape index (κ3) is 4.73. The highest BCUT2D eigenvalue weighted by atomic mass is 32.1. The number of likely N-dealkylation sites (tertiary alicyclic amines) is 1. The normalized spacial score (nSPS) is 21.1. The van der Waals surface area contributed by atoms with Gasteiger partial charge in [-0.15, -0.1) is 11.3 Å². The minimum atomic E-state index is 0.0662. The molecule has 0 saturated carbocycles. The topological polar surface area (TPSA) is 36.4 Å². The van der Waals surface area contributed by atoms with Gasteiger partial charge in [-0.3, -0.25) is 4.79 Å². The van der Waals surface area contributed by atoms with Gasteiger partial charge in [-0.05, 0) is 80.6 Å². The first-order valence-electron chi connectivity index (χ1n) is 11.8. The lowest BCUT2D eigenvalue weighted by Gasteiger charge is -2.49. The van der Waals surface area contributed by atoms with Crippen LogP contribution in [0.5, 0.6) is 0 Å². The van der Waals surface area contributed by atoms with Gasteiger partial charge in [-0.2, -0.15) is 0 Å². The third-order valence-corrected chi connectivity index (χ3v) is 7.99. The van der Waals surface area contributed by atoms with Gasteiger partial charge in [0.15, 0.2) is 0 Å². The second-order valence-electron chi connectivity index (χ2n) is 10.5. The first-order chi connectivity index (χ1) is 14.8. The van der Waals surface area contributed by atoms with Crippen LogP contribution in [-0.2, 0) is 5.41 Å². The molecular formula is C26H37N3OS. The number of benzene rings is 1. The van der Waals surface area contributed by atoms with Gasteiger partial charge in [0.25, 0.3) is 5.91 Å². The summed E-state index contributed by atoms with van der Waals surface area (Å²) in [6, 6.07) is 9.09. The number of fused-ring (bicyclic) bond motifs is 2. The average Bonchev–Trinajstić information content (AvgIpc) is 3.30. The Hall–Kier alpha value is -1.72. The molecule has 1 saturated heterocycles. The van der Waals surface area contributed by atoms with Gasteiger partial charge < -0.3 is 9.80 Å². The predicted octanol–water partition coefficient (Wildman–Crippen LogP) is 5.91. The quantitative estimate of drug-likeness (QED) is 0.581. The zero-order valence-corrected chi connectivity index (χ0v) is 20.4. The van der Waals surface area contributed by atoms with Crippen molar-refractivity contribution in [3.63, 3.8) is 0 Å². The molecule has 2 aromatic rings. The zero-order valence-electron chi connectivity index (χ0n) is 19.6. The van der Waals surface area contributed by atoms with Crippen LogP contribution >= 0.6 is 11.3 Å². The van der Waals surface area contributed by atoms with Crippen molar-refractivity contribution in [2.45, 2.75) is 71.3 Å². The van der Waals surface area contributed by atoms with E-state index < -0.39 is 0 Å². The first-order valence-corrected chi connectivity index (χ1v) is 12.8. The van der Waals surface area contributed by atoms with E-state index in [0.717, 1.165) is 6.42 Å². The Balaban J connectivity index is 1.53. The predicted molar refractivity (Wildman–Crippen MR) is 129 cm³/mol. The van der Waals surface area contributed by atoms with Crippen LogP contribution in [-0.4, -0.2) is 46.9 Å². The summed E-state index contributed by atoms with van der Waals surface area (Å²) in [5.74, 6) is 0.0662. The smallest absolute Gasteiger partial charge is 0.273 e. The molecule has 4 rings (SSSR count). The minimum Gasteiger partial charge on any atom is -0.331 e. The van der Waals surface area contributed by atoms with E-state index in [1.54, 1.807) is 5.51 Å². The van der Waals surface area contributed by atoms with Gasteiger partial charge in [0, 0.05) is 11.9 Å². The van der Waals surface area contributed by atoms with E-state index in [1.165, 1.54) is 67.8 Å². The maximum absolute atomic E-state index is 13.2. The highest BCUT2D eigenvalue weighted by Gasteiger charge is 2.43. The van der Waals surface area contributed by atoms with E-state index in [4.69, 9.17) is 0 Å². The second-order valence-corrected chi connectivity index (χ2v) is 11.3. The Kier molecular flexibility index (Phi) is 6.55. The molecule has 4 nitrogen and oxygen atoms in total. The SMILES string of the molecule is CCN(C(=O)c1cscn1)[C@H]1CCC2(CCN(CCC(C)(C)C)CC2)c2ccccc21. The summed E-state index contributed by atoms with van der Waals surface area (Å²) in [5, 5.41) is 1.87. The molecule has 0 unspecified atom stereocenters. The molecule has 0 bridgehead atoms. The number of carbonyl (C=O) groups excluding carboxylic acids is 1. The Morgan fingerprint density at radius 1 is 1.23 bits per heavy atom. The molecule has 1 spiro atoms. The summed E-state index contributed by atoms with van der Waals surface area (Å²) in [4.78, 5) is 22.2. The van der Waals surface area contributed by atoms with Crippen molar-refractivity contribution < 1.29 is 4.79 Å². The van der Waals surface area contributed by atoms with E-state index in [2.05, 4.69) is 61.8 Å². The molecule has 1 amide bonds. The fourth-order valence-electron chi connectivity index (χ4n) is 5.49. The van der Waals surface area contributed by atoms with Gasteiger partial charge in [-0.25, -0.2) is 4.98 Å². The van der Waals surface area contributed by atoms with Crippen LogP contribution in [0.1, 0.15) is 87.5 Å². The van der Waals surface area contributed by atoms with Crippen molar-refractivity contribution in [1.82, 2.24) is 14.8 Å². The monoisotopic (exact) mass is 439 g/mol. The number of rotatable bonds is 5. The molecule has 1 aliphatic carbocycles. The maximum atomic E-state index is 13.2. The summed E-state index contributed by atoms with van der Waals surface area (Å²) >= 11 is 1.49. The Morgan fingerprint density at radius 3 is 2.61 bits per heavy atom. The number of aromatic nitrogens is 1. The number of piperidine rings is 1. The molecule has 0 radical (unpaired) electrons.